The largest absolute Gasteiger partial charge is 0.353 e. The summed E-state index contributed by atoms with van der Waals surface area (Å²) in [6, 6.07) is 15.9. The molecule has 1 saturated carbocycles. The number of likely N-dealkylation sites (tertiary alicyclic amines) is 1. The predicted molar refractivity (Wildman–Crippen MR) is 141 cm³/mol. The molecular formula is C30H38F3N3O2. The Morgan fingerprint density at radius 1 is 0.974 bits per heavy atom. The van der Waals surface area contributed by atoms with Crippen molar-refractivity contribution in [3.05, 3.63) is 71.5 Å². The smallest absolute Gasteiger partial charge is 0.248 e. The number of piperidine rings is 1. The fraction of sp³-hybridized carbons (Fsp3) is 0.533. The standard InChI is InChI=1S/C30H38F3N3O2/c1-21(36-17-13-26(14-18-36)34-28(37)20-22-7-9-25(31)10-8-22)19-27(23-5-3-2-4-6-23)35-29(38)24-11-15-30(32,33)16-12-24/h2-10,21,24,26-27H,11-20H2,1H3,(H,34,37)(H,35,38)/t21-,27+/m0/s1. The van der Waals surface area contributed by atoms with E-state index in [1.54, 1.807) is 12.1 Å². The topological polar surface area (TPSA) is 61.4 Å². The third kappa shape index (κ3) is 8.06. The molecule has 1 saturated heterocycles. The molecule has 1 aliphatic carbocycles. The van der Waals surface area contributed by atoms with E-state index >= 15 is 0 Å². The second kappa shape index (κ2) is 12.8. The van der Waals surface area contributed by atoms with Crippen molar-refractivity contribution in [3.63, 3.8) is 0 Å². The molecule has 1 aliphatic heterocycles. The van der Waals surface area contributed by atoms with E-state index in [0.29, 0.717) is 6.42 Å². The fourth-order valence-electron chi connectivity index (χ4n) is 5.60. The Morgan fingerprint density at radius 2 is 1.61 bits per heavy atom. The van der Waals surface area contributed by atoms with E-state index in [1.165, 1.54) is 12.1 Å². The van der Waals surface area contributed by atoms with Gasteiger partial charge >= 0.3 is 0 Å². The van der Waals surface area contributed by atoms with Crippen LogP contribution < -0.4 is 10.6 Å². The summed E-state index contributed by atoms with van der Waals surface area (Å²) in [5, 5.41) is 6.28. The first-order chi connectivity index (χ1) is 18.2. The summed E-state index contributed by atoms with van der Waals surface area (Å²) in [6.07, 6.45) is 2.58. The Morgan fingerprint density at radius 3 is 2.24 bits per heavy atom. The first-order valence-electron chi connectivity index (χ1n) is 13.7. The van der Waals surface area contributed by atoms with Crippen LogP contribution in [0.2, 0.25) is 0 Å². The van der Waals surface area contributed by atoms with Crippen LogP contribution in [0.15, 0.2) is 54.6 Å². The normalized spacial score (nSPS) is 20.4. The highest BCUT2D eigenvalue weighted by molar-refractivity contribution is 5.79. The Bertz CT molecular complexity index is 1050. The zero-order valence-corrected chi connectivity index (χ0v) is 22.0. The highest BCUT2D eigenvalue weighted by Gasteiger charge is 2.38. The van der Waals surface area contributed by atoms with Crippen LogP contribution >= 0.6 is 0 Å². The van der Waals surface area contributed by atoms with Crippen molar-refractivity contribution in [2.24, 2.45) is 5.92 Å². The van der Waals surface area contributed by atoms with Gasteiger partial charge in [0.15, 0.2) is 0 Å². The minimum atomic E-state index is -2.66. The van der Waals surface area contributed by atoms with Crippen molar-refractivity contribution in [2.75, 3.05) is 13.1 Å². The van der Waals surface area contributed by atoms with Gasteiger partial charge < -0.3 is 15.5 Å². The lowest BCUT2D eigenvalue weighted by Gasteiger charge is -2.38. The molecule has 4 rings (SSSR count). The number of alkyl halides is 2. The lowest BCUT2D eigenvalue weighted by molar-refractivity contribution is -0.130. The van der Waals surface area contributed by atoms with Gasteiger partial charge in [0.2, 0.25) is 17.7 Å². The molecule has 0 radical (unpaired) electrons. The van der Waals surface area contributed by atoms with Crippen LogP contribution in [0.25, 0.3) is 0 Å². The van der Waals surface area contributed by atoms with Crippen molar-refractivity contribution in [2.45, 2.75) is 82.3 Å². The molecule has 0 aromatic heterocycles. The van der Waals surface area contributed by atoms with E-state index in [0.717, 1.165) is 37.1 Å². The molecule has 2 aliphatic rings. The second-order valence-corrected chi connectivity index (χ2v) is 10.9. The quantitative estimate of drug-likeness (QED) is 0.457. The number of rotatable bonds is 9. The highest BCUT2D eigenvalue weighted by Crippen LogP contribution is 2.36. The molecule has 0 bridgehead atoms. The molecule has 38 heavy (non-hydrogen) atoms. The first kappa shape index (κ1) is 28.1. The van der Waals surface area contributed by atoms with Gasteiger partial charge in [0.25, 0.3) is 0 Å². The van der Waals surface area contributed by atoms with Gasteiger partial charge in [-0.3, -0.25) is 9.59 Å². The van der Waals surface area contributed by atoms with Crippen molar-refractivity contribution >= 4 is 11.8 Å². The average molecular weight is 530 g/mol. The molecule has 0 spiro atoms. The molecule has 2 N–H and O–H groups in total. The first-order valence-corrected chi connectivity index (χ1v) is 13.7. The zero-order valence-electron chi connectivity index (χ0n) is 22.0. The number of carbonyl (C=O) groups excluding carboxylic acids is 2. The molecule has 8 heteroatoms. The van der Waals surface area contributed by atoms with Crippen molar-refractivity contribution < 1.29 is 22.8 Å². The minimum Gasteiger partial charge on any atom is -0.353 e. The number of hydrogen-bond acceptors (Lipinski definition) is 3. The number of amides is 2. The van der Waals surface area contributed by atoms with Crippen molar-refractivity contribution in [1.29, 1.82) is 0 Å². The molecule has 2 fully saturated rings. The molecule has 2 aromatic carbocycles. The Kier molecular flexibility index (Phi) is 9.47. The van der Waals surface area contributed by atoms with Crippen molar-refractivity contribution in [3.8, 4) is 0 Å². The lowest BCUT2D eigenvalue weighted by Crippen LogP contribution is -2.48. The number of nitrogens with one attached hydrogen (secondary N) is 2. The number of benzene rings is 2. The zero-order chi connectivity index (χ0) is 27.1. The number of hydrogen-bond donors (Lipinski definition) is 2. The van der Waals surface area contributed by atoms with Crippen LogP contribution in [-0.2, 0) is 16.0 Å². The average Bonchev–Trinajstić information content (AvgIpc) is 2.90. The lowest BCUT2D eigenvalue weighted by atomic mass is 9.85. The summed E-state index contributed by atoms with van der Waals surface area (Å²) in [5.41, 5.74) is 1.79. The third-order valence-electron chi connectivity index (χ3n) is 7.98. The van der Waals surface area contributed by atoms with Gasteiger partial charge in [-0.25, -0.2) is 13.2 Å². The summed E-state index contributed by atoms with van der Waals surface area (Å²) in [6.45, 7) is 3.81. The van der Waals surface area contributed by atoms with E-state index in [4.69, 9.17) is 0 Å². The van der Waals surface area contributed by atoms with Crippen LogP contribution in [0, 0.1) is 11.7 Å². The van der Waals surface area contributed by atoms with E-state index in [9.17, 15) is 22.8 Å². The molecule has 206 valence electrons. The Hall–Kier alpha value is -2.87. The molecule has 2 amide bonds. The predicted octanol–water partition coefficient (Wildman–Crippen LogP) is 5.41. The van der Waals surface area contributed by atoms with Gasteiger partial charge in [-0.1, -0.05) is 42.5 Å². The van der Waals surface area contributed by atoms with E-state index < -0.39 is 5.92 Å². The summed E-state index contributed by atoms with van der Waals surface area (Å²) < 4.78 is 40.3. The number of nitrogens with zero attached hydrogens (tertiary/aromatic N) is 1. The monoisotopic (exact) mass is 529 g/mol. The summed E-state index contributed by atoms with van der Waals surface area (Å²) in [7, 11) is 0. The van der Waals surface area contributed by atoms with Crippen LogP contribution in [0.5, 0.6) is 0 Å². The number of halogens is 3. The van der Waals surface area contributed by atoms with Gasteiger partial charge in [-0.05, 0) is 62.3 Å². The van der Waals surface area contributed by atoms with E-state index in [1.807, 2.05) is 30.3 Å². The molecule has 2 aromatic rings. The van der Waals surface area contributed by atoms with Crippen LogP contribution in [0.4, 0.5) is 13.2 Å². The minimum absolute atomic E-state index is 0.0598. The van der Waals surface area contributed by atoms with E-state index in [2.05, 4.69) is 22.5 Å². The van der Waals surface area contributed by atoms with Crippen LogP contribution in [0.3, 0.4) is 0 Å². The molecule has 1 heterocycles. The van der Waals surface area contributed by atoms with Gasteiger partial charge in [0.1, 0.15) is 5.82 Å². The maximum absolute atomic E-state index is 13.6. The SMILES string of the molecule is C[C@@H](C[C@@H](NC(=O)C1CCC(F)(F)CC1)c1ccccc1)N1CCC(NC(=O)Cc2ccc(F)cc2)CC1. The fourth-order valence-corrected chi connectivity index (χ4v) is 5.60. The molecule has 2 atom stereocenters. The highest BCUT2D eigenvalue weighted by atomic mass is 19.3. The second-order valence-electron chi connectivity index (χ2n) is 10.9. The summed E-state index contributed by atoms with van der Waals surface area (Å²) in [5.74, 6) is -3.54. The van der Waals surface area contributed by atoms with Gasteiger partial charge in [0.05, 0.1) is 12.5 Å². The van der Waals surface area contributed by atoms with E-state index in [-0.39, 0.29) is 73.8 Å². The maximum Gasteiger partial charge on any atom is 0.248 e. The summed E-state index contributed by atoms with van der Waals surface area (Å²) >= 11 is 0. The molecular weight excluding hydrogens is 491 g/mol. The maximum atomic E-state index is 13.6. The third-order valence-corrected chi connectivity index (χ3v) is 7.98. The van der Waals surface area contributed by atoms with Gasteiger partial charge in [-0.15, -0.1) is 0 Å². The van der Waals surface area contributed by atoms with Crippen LogP contribution in [0.1, 0.15) is 69.0 Å². The van der Waals surface area contributed by atoms with Crippen molar-refractivity contribution in [1.82, 2.24) is 15.5 Å². The van der Waals surface area contributed by atoms with Gasteiger partial charge in [-0.2, -0.15) is 0 Å². The van der Waals surface area contributed by atoms with Crippen LogP contribution in [-0.4, -0.2) is 47.8 Å². The Labute approximate surface area is 223 Å². The summed E-state index contributed by atoms with van der Waals surface area (Å²) in [4.78, 5) is 27.8. The number of carbonyl (C=O) groups is 2. The molecule has 5 nitrogen and oxygen atoms in total. The Balaban J connectivity index is 1.28. The molecule has 0 unspecified atom stereocenters. The van der Waals surface area contributed by atoms with Gasteiger partial charge in [0, 0.05) is 43.9 Å².